The summed E-state index contributed by atoms with van der Waals surface area (Å²) in [5.41, 5.74) is 0.333. The van der Waals surface area contributed by atoms with Crippen LogP contribution in [-0.4, -0.2) is 51.9 Å². The number of nitrogens with one attached hydrogen (secondary N) is 1. The molecule has 1 aromatic heterocycles. The van der Waals surface area contributed by atoms with Crippen molar-refractivity contribution in [2.75, 3.05) is 13.2 Å². The van der Waals surface area contributed by atoms with E-state index in [4.69, 9.17) is 4.74 Å². The number of amides is 2. The van der Waals surface area contributed by atoms with Crippen LogP contribution in [0.2, 0.25) is 0 Å². The highest BCUT2D eigenvalue weighted by molar-refractivity contribution is 5.87. The maximum absolute atomic E-state index is 13.2. The molecule has 0 radical (unpaired) electrons. The van der Waals surface area contributed by atoms with Gasteiger partial charge in [0.15, 0.2) is 6.61 Å². The summed E-state index contributed by atoms with van der Waals surface area (Å²) in [5, 5.41) is 3.09. The highest BCUT2D eigenvalue weighted by Crippen LogP contribution is 2.51. The number of carbonyl (C=O) groups excluding carboxylic acids is 2. The monoisotopic (exact) mass is 408 g/mol. The van der Waals surface area contributed by atoms with Crippen molar-refractivity contribution in [2.45, 2.75) is 51.1 Å². The van der Waals surface area contributed by atoms with E-state index in [1.54, 1.807) is 18.6 Å². The van der Waals surface area contributed by atoms with Gasteiger partial charge in [-0.25, -0.2) is 0 Å². The Hall–Kier alpha value is -2.96. The van der Waals surface area contributed by atoms with E-state index in [-0.39, 0.29) is 30.5 Å². The first kappa shape index (κ1) is 20.3. The third kappa shape index (κ3) is 3.88. The first-order valence-corrected chi connectivity index (χ1v) is 10.7. The van der Waals surface area contributed by atoms with Crippen molar-refractivity contribution in [1.29, 1.82) is 0 Å². The molecule has 0 spiro atoms. The standard InChI is InChI=1S/C23H28N4O3/c1-2-23(22(29)26-11-10-17-15-24-12-13-25-17)14-18-8-9-20(23)27(18)21(28)16-30-19-6-4-3-5-7-19/h3-7,12-13,15,18,20H,2,8-11,14,16H2,1H3,(H,26,29)/t18-,20+,23+/m1/s1. The van der Waals surface area contributed by atoms with E-state index < -0.39 is 5.41 Å². The lowest BCUT2D eigenvalue weighted by Crippen LogP contribution is -2.50. The summed E-state index contributed by atoms with van der Waals surface area (Å²) in [7, 11) is 0. The predicted octanol–water partition coefficient (Wildman–Crippen LogP) is 2.37. The van der Waals surface area contributed by atoms with Crippen molar-refractivity contribution >= 4 is 11.8 Å². The van der Waals surface area contributed by atoms with E-state index >= 15 is 0 Å². The molecule has 2 amide bonds. The minimum atomic E-state index is -0.520. The molecule has 1 aromatic carbocycles. The largest absolute Gasteiger partial charge is 0.484 e. The van der Waals surface area contributed by atoms with Gasteiger partial charge in [-0.1, -0.05) is 25.1 Å². The van der Waals surface area contributed by atoms with Gasteiger partial charge in [-0.15, -0.1) is 0 Å². The molecule has 158 valence electrons. The van der Waals surface area contributed by atoms with Crippen molar-refractivity contribution < 1.29 is 14.3 Å². The fraction of sp³-hybridized carbons (Fsp3) is 0.478. The minimum absolute atomic E-state index is 0.00506. The van der Waals surface area contributed by atoms with Crippen LogP contribution >= 0.6 is 0 Å². The molecule has 4 rings (SSSR count). The fourth-order valence-electron chi connectivity index (χ4n) is 5.02. The van der Waals surface area contributed by atoms with E-state index in [0.717, 1.165) is 25.0 Å². The molecule has 0 saturated carbocycles. The molecule has 3 heterocycles. The molecular formula is C23H28N4O3. The van der Waals surface area contributed by atoms with Gasteiger partial charge in [0.05, 0.1) is 11.1 Å². The highest BCUT2D eigenvalue weighted by atomic mass is 16.5. The Morgan fingerprint density at radius 3 is 2.80 bits per heavy atom. The number of ether oxygens (including phenoxy) is 1. The van der Waals surface area contributed by atoms with Crippen LogP contribution in [0.5, 0.6) is 5.75 Å². The second kappa shape index (κ2) is 8.81. The summed E-state index contributed by atoms with van der Waals surface area (Å²) in [6, 6.07) is 9.41. The lowest BCUT2D eigenvalue weighted by atomic mass is 9.71. The molecule has 2 aliphatic rings. The van der Waals surface area contributed by atoms with Crippen molar-refractivity contribution in [2.24, 2.45) is 5.41 Å². The average molecular weight is 409 g/mol. The number of rotatable bonds is 8. The number of benzene rings is 1. The second-order valence-corrected chi connectivity index (χ2v) is 8.07. The summed E-state index contributed by atoms with van der Waals surface area (Å²) in [5.74, 6) is 0.692. The minimum Gasteiger partial charge on any atom is -0.484 e. The second-order valence-electron chi connectivity index (χ2n) is 8.07. The van der Waals surface area contributed by atoms with Gasteiger partial charge in [0.1, 0.15) is 5.75 Å². The zero-order valence-corrected chi connectivity index (χ0v) is 17.3. The molecule has 2 aromatic rings. The smallest absolute Gasteiger partial charge is 0.261 e. The Morgan fingerprint density at radius 1 is 1.23 bits per heavy atom. The quantitative estimate of drug-likeness (QED) is 0.725. The van der Waals surface area contributed by atoms with Gasteiger partial charge in [-0.3, -0.25) is 19.6 Å². The third-order valence-corrected chi connectivity index (χ3v) is 6.50. The maximum atomic E-state index is 13.2. The number of hydrogen-bond acceptors (Lipinski definition) is 5. The Balaban J connectivity index is 1.38. The molecule has 3 atom stereocenters. The number of nitrogens with zero attached hydrogens (tertiary/aromatic N) is 3. The van der Waals surface area contributed by atoms with Crippen molar-refractivity contribution in [1.82, 2.24) is 20.2 Å². The zero-order valence-electron chi connectivity index (χ0n) is 17.3. The number of carbonyl (C=O) groups is 2. The average Bonchev–Trinajstić information content (AvgIpc) is 3.35. The summed E-state index contributed by atoms with van der Waals surface area (Å²) < 4.78 is 5.68. The van der Waals surface area contributed by atoms with E-state index in [2.05, 4.69) is 15.3 Å². The van der Waals surface area contributed by atoms with Crippen LogP contribution < -0.4 is 10.1 Å². The van der Waals surface area contributed by atoms with Gasteiger partial charge in [0.25, 0.3) is 5.91 Å². The van der Waals surface area contributed by atoms with Crippen LogP contribution in [0.1, 0.15) is 38.3 Å². The lowest BCUT2D eigenvalue weighted by Gasteiger charge is -2.35. The first-order chi connectivity index (χ1) is 14.6. The van der Waals surface area contributed by atoms with Gasteiger partial charge in [0.2, 0.25) is 5.91 Å². The van der Waals surface area contributed by atoms with Crippen molar-refractivity contribution in [3.8, 4) is 5.75 Å². The summed E-state index contributed by atoms with van der Waals surface area (Å²) >= 11 is 0. The van der Waals surface area contributed by atoms with Gasteiger partial charge < -0.3 is 15.0 Å². The van der Waals surface area contributed by atoms with Crippen molar-refractivity contribution in [3.05, 3.63) is 54.6 Å². The van der Waals surface area contributed by atoms with E-state index in [1.807, 2.05) is 42.2 Å². The Kier molecular flexibility index (Phi) is 5.97. The van der Waals surface area contributed by atoms with E-state index in [1.165, 1.54) is 0 Å². The maximum Gasteiger partial charge on any atom is 0.261 e. The fourth-order valence-corrected chi connectivity index (χ4v) is 5.02. The molecule has 2 fully saturated rings. The summed E-state index contributed by atoms with van der Waals surface area (Å²) in [6.45, 7) is 2.57. The van der Waals surface area contributed by atoms with Crippen LogP contribution in [-0.2, 0) is 16.0 Å². The highest BCUT2D eigenvalue weighted by Gasteiger charge is 2.60. The zero-order chi connectivity index (χ0) is 21.0. The van der Waals surface area contributed by atoms with Crippen molar-refractivity contribution in [3.63, 3.8) is 0 Å². The van der Waals surface area contributed by atoms with Crippen LogP contribution in [0.4, 0.5) is 0 Å². The lowest BCUT2D eigenvalue weighted by molar-refractivity contribution is -0.138. The topological polar surface area (TPSA) is 84.4 Å². The molecule has 30 heavy (non-hydrogen) atoms. The third-order valence-electron chi connectivity index (χ3n) is 6.50. The molecule has 7 nitrogen and oxygen atoms in total. The summed E-state index contributed by atoms with van der Waals surface area (Å²) in [6.07, 6.45) is 8.91. The predicted molar refractivity (Wildman–Crippen MR) is 112 cm³/mol. The van der Waals surface area contributed by atoms with Gasteiger partial charge in [-0.2, -0.15) is 0 Å². The number of aromatic nitrogens is 2. The van der Waals surface area contributed by atoms with Gasteiger partial charge in [0, 0.05) is 43.6 Å². The van der Waals surface area contributed by atoms with Crippen LogP contribution in [0.25, 0.3) is 0 Å². The molecule has 2 aliphatic heterocycles. The van der Waals surface area contributed by atoms with E-state index in [0.29, 0.717) is 25.1 Å². The molecule has 1 N–H and O–H groups in total. The Bertz CT molecular complexity index is 877. The van der Waals surface area contributed by atoms with Crippen LogP contribution in [0.3, 0.4) is 0 Å². The van der Waals surface area contributed by atoms with Gasteiger partial charge >= 0.3 is 0 Å². The molecule has 0 unspecified atom stereocenters. The first-order valence-electron chi connectivity index (χ1n) is 10.7. The Morgan fingerprint density at radius 2 is 2.07 bits per heavy atom. The number of para-hydroxylation sites is 1. The SMILES string of the molecule is CC[C@]1(C(=O)NCCc2cnccn2)C[C@H]2CC[C@@H]1N2C(=O)COc1ccccc1. The van der Waals surface area contributed by atoms with Crippen LogP contribution in [0, 0.1) is 5.41 Å². The summed E-state index contributed by atoms with van der Waals surface area (Å²) in [4.78, 5) is 36.4. The molecule has 7 heteroatoms. The normalized spacial score (nSPS) is 24.6. The molecule has 2 saturated heterocycles. The Labute approximate surface area is 176 Å². The molecule has 0 aliphatic carbocycles. The van der Waals surface area contributed by atoms with E-state index in [9.17, 15) is 9.59 Å². The number of hydrogen-bond donors (Lipinski definition) is 1. The number of fused-ring (bicyclic) bond motifs is 2. The molecular weight excluding hydrogens is 380 g/mol. The molecule has 2 bridgehead atoms. The van der Waals surface area contributed by atoms with Gasteiger partial charge in [-0.05, 0) is 37.8 Å². The van der Waals surface area contributed by atoms with Crippen LogP contribution in [0.15, 0.2) is 48.9 Å².